The number of nitrogens with one attached hydrogen (secondary N) is 1. The Morgan fingerprint density at radius 3 is 2.71 bits per heavy atom. The van der Waals surface area contributed by atoms with Crippen LogP contribution in [0.15, 0.2) is 42.5 Å². The zero-order valence-corrected chi connectivity index (χ0v) is 13.8. The van der Waals surface area contributed by atoms with E-state index in [1.807, 2.05) is 43.3 Å². The minimum Gasteiger partial charge on any atom is -0.493 e. The van der Waals surface area contributed by atoms with Crippen LogP contribution in [0.3, 0.4) is 0 Å². The molecule has 5 heteroatoms. The van der Waals surface area contributed by atoms with E-state index in [0.717, 1.165) is 22.4 Å². The van der Waals surface area contributed by atoms with Crippen molar-refractivity contribution in [3.8, 4) is 5.75 Å². The summed E-state index contributed by atoms with van der Waals surface area (Å²) in [5, 5.41) is 0. The smallest absolute Gasteiger partial charge is 0.341 e. The van der Waals surface area contributed by atoms with Crippen LogP contribution in [0.5, 0.6) is 5.75 Å². The first kappa shape index (κ1) is 16.1. The van der Waals surface area contributed by atoms with Crippen LogP contribution in [0.25, 0.3) is 11.0 Å². The van der Waals surface area contributed by atoms with E-state index in [9.17, 15) is 4.79 Å². The van der Waals surface area contributed by atoms with Crippen LogP contribution < -0.4 is 4.74 Å². The predicted octanol–water partition coefficient (Wildman–Crippen LogP) is 3.73. The fourth-order valence-corrected chi connectivity index (χ4v) is 2.61. The standard InChI is InChI=1S/C19H20N2O3/c1-3-23-17-11-13(9-10-14(17)19(22)24-4-2)12-18-20-15-7-5-6-8-16(15)21-18/h5-11H,3-4,12H2,1-2H3,(H,20,21). The number of rotatable bonds is 6. The van der Waals surface area contributed by atoms with Crippen molar-refractivity contribution in [2.75, 3.05) is 13.2 Å². The van der Waals surface area contributed by atoms with E-state index in [0.29, 0.717) is 30.9 Å². The van der Waals surface area contributed by atoms with Crippen molar-refractivity contribution in [1.29, 1.82) is 0 Å². The van der Waals surface area contributed by atoms with Crippen molar-refractivity contribution >= 4 is 17.0 Å². The lowest BCUT2D eigenvalue weighted by molar-refractivity contribution is 0.0522. The Morgan fingerprint density at radius 2 is 1.96 bits per heavy atom. The van der Waals surface area contributed by atoms with Gasteiger partial charge in [0.05, 0.1) is 24.2 Å². The molecule has 2 aromatic carbocycles. The number of nitrogens with zero attached hydrogens (tertiary/aromatic N) is 1. The molecule has 0 amide bonds. The normalized spacial score (nSPS) is 10.8. The van der Waals surface area contributed by atoms with Gasteiger partial charge in [-0.1, -0.05) is 18.2 Å². The topological polar surface area (TPSA) is 64.2 Å². The lowest BCUT2D eigenvalue weighted by Crippen LogP contribution is -2.08. The lowest BCUT2D eigenvalue weighted by atomic mass is 10.1. The van der Waals surface area contributed by atoms with E-state index in [2.05, 4.69) is 9.97 Å². The molecule has 0 aliphatic heterocycles. The number of ether oxygens (including phenoxy) is 2. The molecule has 0 aliphatic rings. The Kier molecular flexibility index (Phi) is 4.79. The Labute approximate surface area is 140 Å². The summed E-state index contributed by atoms with van der Waals surface area (Å²) in [6.45, 7) is 4.50. The van der Waals surface area contributed by atoms with Crippen molar-refractivity contribution in [3.05, 3.63) is 59.4 Å². The summed E-state index contributed by atoms with van der Waals surface area (Å²) in [5.41, 5.74) is 3.43. The zero-order valence-electron chi connectivity index (χ0n) is 13.8. The van der Waals surface area contributed by atoms with Gasteiger partial charge in [-0.25, -0.2) is 9.78 Å². The van der Waals surface area contributed by atoms with Gasteiger partial charge < -0.3 is 14.5 Å². The van der Waals surface area contributed by atoms with E-state index in [1.54, 1.807) is 13.0 Å². The number of hydrogen-bond donors (Lipinski definition) is 1. The molecule has 3 rings (SSSR count). The van der Waals surface area contributed by atoms with Crippen molar-refractivity contribution in [2.45, 2.75) is 20.3 Å². The lowest BCUT2D eigenvalue weighted by Gasteiger charge is -2.11. The number of hydrogen-bond acceptors (Lipinski definition) is 4. The summed E-state index contributed by atoms with van der Waals surface area (Å²) in [5.74, 6) is 1.06. The molecule has 3 aromatic rings. The van der Waals surface area contributed by atoms with Gasteiger partial charge in [0, 0.05) is 6.42 Å². The Morgan fingerprint density at radius 1 is 1.12 bits per heavy atom. The largest absolute Gasteiger partial charge is 0.493 e. The number of aromatic nitrogens is 2. The predicted molar refractivity (Wildman–Crippen MR) is 92.5 cm³/mol. The molecule has 0 fully saturated rings. The number of benzene rings is 2. The Balaban J connectivity index is 1.87. The summed E-state index contributed by atoms with van der Waals surface area (Å²) in [6, 6.07) is 13.5. The van der Waals surface area contributed by atoms with Crippen LogP contribution in [0, 0.1) is 0 Å². The summed E-state index contributed by atoms with van der Waals surface area (Å²) < 4.78 is 10.7. The van der Waals surface area contributed by atoms with Gasteiger partial charge in [0.2, 0.25) is 0 Å². The highest BCUT2D eigenvalue weighted by Gasteiger charge is 2.15. The van der Waals surface area contributed by atoms with Crippen LogP contribution in [-0.2, 0) is 11.2 Å². The third-order valence-corrected chi connectivity index (χ3v) is 3.65. The van der Waals surface area contributed by atoms with Crippen molar-refractivity contribution in [3.63, 3.8) is 0 Å². The molecule has 0 aliphatic carbocycles. The Hall–Kier alpha value is -2.82. The number of imidazole rings is 1. The number of carbonyl (C=O) groups is 1. The van der Waals surface area contributed by atoms with Gasteiger partial charge in [-0.2, -0.15) is 0 Å². The quantitative estimate of drug-likeness (QED) is 0.702. The highest BCUT2D eigenvalue weighted by molar-refractivity contribution is 5.92. The van der Waals surface area contributed by atoms with E-state index in [-0.39, 0.29) is 5.97 Å². The first-order chi connectivity index (χ1) is 11.7. The third-order valence-electron chi connectivity index (χ3n) is 3.65. The van der Waals surface area contributed by atoms with Crippen LogP contribution in [0.1, 0.15) is 35.6 Å². The van der Waals surface area contributed by atoms with Gasteiger partial charge in [-0.3, -0.25) is 0 Å². The van der Waals surface area contributed by atoms with E-state index < -0.39 is 0 Å². The van der Waals surface area contributed by atoms with Gasteiger partial charge in [-0.15, -0.1) is 0 Å². The van der Waals surface area contributed by atoms with Gasteiger partial charge in [0.1, 0.15) is 17.1 Å². The second-order valence-electron chi connectivity index (χ2n) is 5.36. The van der Waals surface area contributed by atoms with Crippen LogP contribution >= 0.6 is 0 Å². The fourth-order valence-electron chi connectivity index (χ4n) is 2.61. The average Bonchev–Trinajstić information content (AvgIpc) is 2.98. The highest BCUT2D eigenvalue weighted by atomic mass is 16.5. The van der Waals surface area contributed by atoms with Gasteiger partial charge in [-0.05, 0) is 43.7 Å². The summed E-state index contributed by atoms with van der Waals surface area (Å²) in [4.78, 5) is 19.9. The molecule has 1 heterocycles. The summed E-state index contributed by atoms with van der Waals surface area (Å²) >= 11 is 0. The average molecular weight is 324 g/mol. The molecule has 124 valence electrons. The number of carbonyl (C=O) groups excluding carboxylic acids is 1. The molecule has 0 bridgehead atoms. The molecule has 1 N–H and O–H groups in total. The van der Waals surface area contributed by atoms with Crippen molar-refractivity contribution in [2.24, 2.45) is 0 Å². The maximum atomic E-state index is 12.0. The molecule has 0 atom stereocenters. The van der Waals surface area contributed by atoms with Gasteiger partial charge in [0.15, 0.2) is 0 Å². The first-order valence-corrected chi connectivity index (χ1v) is 8.07. The summed E-state index contributed by atoms with van der Waals surface area (Å²) in [6.07, 6.45) is 0.637. The molecular weight excluding hydrogens is 304 g/mol. The van der Waals surface area contributed by atoms with Crippen molar-refractivity contribution in [1.82, 2.24) is 9.97 Å². The van der Waals surface area contributed by atoms with E-state index in [4.69, 9.17) is 9.47 Å². The highest BCUT2D eigenvalue weighted by Crippen LogP contribution is 2.23. The molecular formula is C19H20N2O3. The molecule has 1 aromatic heterocycles. The SMILES string of the molecule is CCOC(=O)c1ccc(Cc2nc3ccccc3[nH]2)cc1OCC. The minimum absolute atomic E-state index is 0.338. The molecule has 0 saturated carbocycles. The second kappa shape index (κ2) is 7.17. The van der Waals surface area contributed by atoms with Crippen LogP contribution in [0.4, 0.5) is 0 Å². The number of fused-ring (bicyclic) bond motifs is 1. The monoisotopic (exact) mass is 324 g/mol. The molecule has 0 spiro atoms. The number of para-hydroxylation sites is 2. The van der Waals surface area contributed by atoms with Crippen LogP contribution in [0.2, 0.25) is 0 Å². The van der Waals surface area contributed by atoms with E-state index >= 15 is 0 Å². The van der Waals surface area contributed by atoms with Gasteiger partial charge >= 0.3 is 5.97 Å². The maximum absolute atomic E-state index is 12.0. The van der Waals surface area contributed by atoms with Crippen LogP contribution in [-0.4, -0.2) is 29.2 Å². The van der Waals surface area contributed by atoms with Gasteiger partial charge in [0.25, 0.3) is 0 Å². The molecule has 24 heavy (non-hydrogen) atoms. The maximum Gasteiger partial charge on any atom is 0.341 e. The second-order valence-corrected chi connectivity index (χ2v) is 5.36. The molecule has 0 saturated heterocycles. The number of esters is 1. The fraction of sp³-hybridized carbons (Fsp3) is 0.263. The number of aromatic amines is 1. The molecule has 0 unspecified atom stereocenters. The Bertz CT molecular complexity index is 822. The summed E-state index contributed by atoms with van der Waals surface area (Å²) in [7, 11) is 0. The first-order valence-electron chi connectivity index (χ1n) is 8.07. The number of H-pyrrole nitrogens is 1. The molecule has 0 radical (unpaired) electrons. The molecule has 5 nitrogen and oxygen atoms in total. The zero-order chi connectivity index (χ0) is 16.9. The third kappa shape index (κ3) is 3.40. The van der Waals surface area contributed by atoms with Crippen molar-refractivity contribution < 1.29 is 14.3 Å². The minimum atomic E-state index is -0.365. The van der Waals surface area contributed by atoms with E-state index in [1.165, 1.54) is 0 Å².